The lowest BCUT2D eigenvalue weighted by Gasteiger charge is -2.28. The molecule has 0 aliphatic carbocycles. The Labute approximate surface area is 133 Å². The van der Waals surface area contributed by atoms with Gasteiger partial charge in [-0.15, -0.1) is 0 Å². The maximum Gasteiger partial charge on any atom is 0.237 e. The minimum atomic E-state index is -0.437. The molecule has 0 spiro atoms. The number of pyridine rings is 1. The smallest absolute Gasteiger partial charge is 0.237 e. The lowest BCUT2D eigenvalue weighted by molar-refractivity contribution is -0.123. The van der Waals surface area contributed by atoms with E-state index in [2.05, 4.69) is 21.3 Å². The largest absolute Gasteiger partial charge is 0.357 e. The Morgan fingerprint density at radius 3 is 2.82 bits per heavy atom. The number of piperidine rings is 1. The second-order valence-corrected chi connectivity index (χ2v) is 6.20. The first-order valence-electron chi connectivity index (χ1n) is 8.35. The Bertz CT molecular complexity index is 485. The molecular formula is C17H28N4O. The number of nitrogens with one attached hydrogen (secondary N) is 1. The Hall–Kier alpha value is -1.62. The lowest BCUT2D eigenvalue weighted by Crippen LogP contribution is -2.44. The second kappa shape index (κ2) is 8.13. The van der Waals surface area contributed by atoms with Crippen molar-refractivity contribution in [3.05, 3.63) is 23.9 Å². The van der Waals surface area contributed by atoms with Crippen LogP contribution < -0.4 is 16.0 Å². The van der Waals surface area contributed by atoms with Crippen LogP contribution >= 0.6 is 0 Å². The fourth-order valence-electron chi connectivity index (χ4n) is 2.69. The fourth-order valence-corrected chi connectivity index (χ4v) is 2.69. The van der Waals surface area contributed by atoms with Crippen molar-refractivity contribution < 1.29 is 4.79 Å². The lowest BCUT2D eigenvalue weighted by atomic mass is 9.99. The van der Waals surface area contributed by atoms with E-state index in [1.54, 1.807) is 0 Å². The highest BCUT2D eigenvalue weighted by Crippen LogP contribution is 2.18. The zero-order valence-electron chi connectivity index (χ0n) is 13.7. The first-order valence-corrected chi connectivity index (χ1v) is 8.35. The maximum atomic E-state index is 12.0. The van der Waals surface area contributed by atoms with Gasteiger partial charge in [0.05, 0.1) is 6.04 Å². The van der Waals surface area contributed by atoms with Gasteiger partial charge >= 0.3 is 0 Å². The number of rotatable bonds is 6. The quantitative estimate of drug-likeness (QED) is 0.844. The molecule has 0 radical (unpaired) electrons. The van der Waals surface area contributed by atoms with Gasteiger partial charge in [0.15, 0.2) is 0 Å². The molecule has 5 nitrogen and oxygen atoms in total. The van der Waals surface area contributed by atoms with Crippen LogP contribution in [0.15, 0.2) is 18.3 Å². The van der Waals surface area contributed by atoms with Gasteiger partial charge in [0.2, 0.25) is 5.91 Å². The van der Waals surface area contributed by atoms with Crippen LogP contribution in [0.2, 0.25) is 0 Å². The number of amides is 1. The van der Waals surface area contributed by atoms with Gasteiger partial charge in [-0.25, -0.2) is 4.98 Å². The third-order valence-corrected chi connectivity index (χ3v) is 4.52. The summed E-state index contributed by atoms with van der Waals surface area (Å²) in [6.45, 7) is 6.70. The van der Waals surface area contributed by atoms with E-state index in [1.807, 2.05) is 26.1 Å². The van der Waals surface area contributed by atoms with E-state index in [4.69, 9.17) is 5.73 Å². The molecule has 1 aromatic rings. The zero-order valence-corrected chi connectivity index (χ0v) is 13.7. The van der Waals surface area contributed by atoms with E-state index in [0.29, 0.717) is 6.54 Å². The molecule has 0 saturated carbocycles. The highest BCUT2D eigenvalue weighted by molar-refractivity contribution is 5.81. The molecule has 2 heterocycles. The third-order valence-electron chi connectivity index (χ3n) is 4.52. The van der Waals surface area contributed by atoms with Crippen molar-refractivity contribution in [2.45, 2.75) is 52.1 Å². The predicted molar refractivity (Wildman–Crippen MR) is 89.6 cm³/mol. The van der Waals surface area contributed by atoms with Crippen LogP contribution in [-0.2, 0) is 11.3 Å². The first kappa shape index (κ1) is 16.7. The number of hydrogen-bond acceptors (Lipinski definition) is 4. The normalized spacial score (nSPS) is 17.9. The number of carbonyl (C=O) groups is 1. The van der Waals surface area contributed by atoms with Crippen molar-refractivity contribution in [3.63, 3.8) is 0 Å². The molecule has 1 aromatic heterocycles. The third kappa shape index (κ3) is 4.44. The molecule has 2 rings (SSSR count). The van der Waals surface area contributed by atoms with Crippen molar-refractivity contribution in [2.75, 3.05) is 18.0 Å². The van der Waals surface area contributed by atoms with E-state index >= 15 is 0 Å². The van der Waals surface area contributed by atoms with Gasteiger partial charge in [0.1, 0.15) is 5.82 Å². The average Bonchev–Trinajstić information content (AvgIpc) is 2.59. The molecule has 22 heavy (non-hydrogen) atoms. The van der Waals surface area contributed by atoms with E-state index < -0.39 is 6.04 Å². The molecular weight excluding hydrogens is 276 g/mol. The van der Waals surface area contributed by atoms with E-state index in [9.17, 15) is 4.79 Å². The van der Waals surface area contributed by atoms with E-state index in [0.717, 1.165) is 30.9 Å². The summed E-state index contributed by atoms with van der Waals surface area (Å²) in [7, 11) is 0. The minimum Gasteiger partial charge on any atom is -0.357 e. The molecule has 122 valence electrons. The van der Waals surface area contributed by atoms with Gasteiger partial charge in [0.25, 0.3) is 0 Å². The minimum absolute atomic E-state index is 0.0781. The number of carbonyl (C=O) groups excluding carboxylic acids is 1. The zero-order chi connectivity index (χ0) is 15.9. The van der Waals surface area contributed by atoms with Crippen LogP contribution in [0.4, 0.5) is 5.82 Å². The Balaban J connectivity index is 1.91. The highest BCUT2D eigenvalue weighted by Gasteiger charge is 2.19. The highest BCUT2D eigenvalue weighted by atomic mass is 16.2. The van der Waals surface area contributed by atoms with Crippen LogP contribution in [0.1, 0.15) is 45.1 Å². The molecule has 2 atom stereocenters. The van der Waals surface area contributed by atoms with Gasteiger partial charge in [-0.05, 0) is 42.9 Å². The summed E-state index contributed by atoms with van der Waals surface area (Å²) in [5.41, 5.74) is 7.02. The summed E-state index contributed by atoms with van der Waals surface area (Å²) < 4.78 is 0. The predicted octanol–water partition coefficient (Wildman–Crippen LogP) is 2.06. The molecule has 2 unspecified atom stereocenters. The van der Waals surface area contributed by atoms with Crippen molar-refractivity contribution in [3.8, 4) is 0 Å². The van der Waals surface area contributed by atoms with E-state index in [-0.39, 0.29) is 11.8 Å². The van der Waals surface area contributed by atoms with Gasteiger partial charge in [-0.3, -0.25) is 4.79 Å². The van der Waals surface area contributed by atoms with Crippen LogP contribution in [-0.4, -0.2) is 30.0 Å². The summed E-state index contributed by atoms with van der Waals surface area (Å²) in [4.78, 5) is 18.8. The van der Waals surface area contributed by atoms with Gasteiger partial charge < -0.3 is 16.0 Å². The number of nitrogens with zero attached hydrogens (tertiary/aromatic N) is 2. The molecule has 1 aliphatic rings. The topological polar surface area (TPSA) is 71.2 Å². The number of nitrogens with two attached hydrogens (primary N) is 1. The maximum absolute atomic E-state index is 12.0. The van der Waals surface area contributed by atoms with Crippen LogP contribution in [0, 0.1) is 5.92 Å². The van der Waals surface area contributed by atoms with Gasteiger partial charge in [0, 0.05) is 25.8 Å². The van der Waals surface area contributed by atoms with Crippen LogP contribution in [0.3, 0.4) is 0 Å². The number of anilines is 1. The molecule has 1 saturated heterocycles. The standard InChI is InChI=1S/C17H28N4O/c1-3-13(2)16(18)17(22)20-12-14-7-8-19-15(11-14)21-9-5-4-6-10-21/h7-8,11,13,16H,3-6,9-10,12,18H2,1-2H3,(H,20,22). The SMILES string of the molecule is CCC(C)C(N)C(=O)NCc1ccnc(N2CCCCC2)c1. The molecule has 0 bridgehead atoms. The molecule has 5 heteroatoms. The molecule has 1 fully saturated rings. The summed E-state index contributed by atoms with van der Waals surface area (Å²) >= 11 is 0. The molecule has 0 aromatic carbocycles. The Morgan fingerprint density at radius 2 is 2.14 bits per heavy atom. The van der Waals surface area contributed by atoms with Crippen molar-refractivity contribution in [1.29, 1.82) is 0 Å². The van der Waals surface area contributed by atoms with Gasteiger partial charge in [-0.2, -0.15) is 0 Å². The Morgan fingerprint density at radius 1 is 1.41 bits per heavy atom. The Kier molecular flexibility index (Phi) is 6.19. The number of hydrogen-bond donors (Lipinski definition) is 2. The van der Waals surface area contributed by atoms with Crippen molar-refractivity contribution >= 4 is 11.7 Å². The van der Waals surface area contributed by atoms with Crippen LogP contribution in [0.25, 0.3) is 0 Å². The second-order valence-electron chi connectivity index (χ2n) is 6.20. The summed E-state index contributed by atoms with van der Waals surface area (Å²) in [6.07, 6.45) is 6.49. The van der Waals surface area contributed by atoms with Gasteiger partial charge in [-0.1, -0.05) is 20.3 Å². The van der Waals surface area contributed by atoms with Crippen LogP contribution in [0.5, 0.6) is 0 Å². The molecule has 1 aliphatic heterocycles. The average molecular weight is 304 g/mol. The fraction of sp³-hybridized carbons (Fsp3) is 0.647. The summed E-state index contributed by atoms with van der Waals surface area (Å²) in [5.74, 6) is 1.13. The number of aromatic nitrogens is 1. The molecule has 3 N–H and O–H groups in total. The monoisotopic (exact) mass is 304 g/mol. The summed E-state index contributed by atoms with van der Waals surface area (Å²) in [6, 6.07) is 3.58. The molecule has 1 amide bonds. The first-order chi connectivity index (χ1) is 10.6. The van der Waals surface area contributed by atoms with Crippen molar-refractivity contribution in [1.82, 2.24) is 10.3 Å². The summed E-state index contributed by atoms with van der Waals surface area (Å²) in [5, 5.41) is 2.93. The van der Waals surface area contributed by atoms with E-state index in [1.165, 1.54) is 19.3 Å². The van der Waals surface area contributed by atoms with Crippen molar-refractivity contribution in [2.24, 2.45) is 11.7 Å².